The van der Waals surface area contributed by atoms with Crippen LogP contribution in [0.15, 0.2) is 36.4 Å². The Balaban J connectivity index is 1.17. The van der Waals surface area contributed by atoms with Crippen molar-refractivity contribution in [1.82, 2.24) is 14.7 Å². The minimum atomic E-state index is -4.19. The largest absolute Gasteiger partial charge is 0.391 e. The molecule has 3 aliphatic heterocycles. The van der Waals surface area contributed by atoms with E-state index in [0.29, 0.717) is 31.0 Å². The van der Waals surface area contributed by atoms with Crippen LogP contribution in [0.3, 0.4) is 0 Å². The maximum atomic E-state index is 14.9. The fourth-order valence-electron chi connectivity index (χ4n) is 5.40. The smallest absolute Gasteiger partial charge is 0.369 e. The van der Waals surface area contributed by atoms with Gasteiger partial charge in [-0.05, 0) is 61.3 Å². The van der Waals surface area contributed by atoms with E-state index < -0.39 is 17.9 Å². The van der Waals surface area contributed by atoms with Crippen LogP contribution in [-0.2, 0) is 17.9 Å². The second kappa shape index (κ2) is 10.5. The molecule has 3 aliphatic rings. The average Bonchev–Trinajstić information content (AvgIpc) is 3.29. The van der Waals surface area contributed by atoms with Crippen molar-refractivity contribution < 1.29 is 22.4 Å². The van der Waals surface area contributed by atoms with Gasteiger partial charge in [0, 0.05) is 63.7 Å². The second-order valence-corrected chi connectivity index (χ2v) is 10.4. The number of hydrogen-bond acceptors (Lipinski definition) is 5. The van der Waals surface area contributed by atoms with Crippen molar-refractivity contribution in [1.29, 1.82) is 0 Å². The Morgan fingerprint density at radius 1 is 0.919 bits per heavy atom. The summed E-state index contributed by atoms with van der Waals surface area (Å²) < 4.78 is 53.7. The van der Waals surface area contributed by atoms with Gasteiger partial charge in [0.25, 0.3) is 0 Å². The lowest BCUT2D eigenvalue weighted by molar-refractivity contribution is -0.179. The van der Waals surface area contributed by atoms with Gasteiger partial charge in [-0.3, -0.25) is 9.69 Å². The Bertz CT molecular complexity index is 1120. The van der Waals surface area contributed by atoms with Gasteiger partial charge in [0.05, 0.1) is 18.2 Å². The van der Waals surface area contributed by atoms with E-state index in [1.807, 2.05) is 23.1 Å². The first-order valence-corrected chi connectivity index (χ1v) is 12.8. The van der Waals surface area contributed by atoms with Gasteiger partial charge in [0.2, 0.25) is 5.91 Å². The van der Waals surface area contributed by atoms with Gasteiger partial charge in [-0.2, -0.15) is 13.2 Å². The molecule has 2 saturated heterocycles. The van der Waals surface area contributed by atoms with Crippen LogP contribution >= 0.6 is 0 Å². The molecule has 5 rings (SSSR count). The number of alkyl halides is 3. The Hall–Kier alpha value is -2.85. The first-order chi connectivity index (χ1) is 17.7. The SMILES string of the molecule is CN1CCN(CC(=O)N2Cc3ccc(Nc4ccc(N5CCC(C(F)(F)F)CC5)c(F)c4)cc3C2)CC1. The molecule has 3 heterocycles. The number of anilines is 3. The maximum absolute atomic E-state index is 14.9. The Morgan fingerprint density at radius 2 is 1.57 bits per heavy atom. The molecule has 200 valence electrons. The van der Waals surface area contributed by atoms with Crippen molar-refractivity contribution in [3.63, 3.8) is 0 Å². The lowest BCUT2D eigenvalue weighted by Gasteiger charge is -2.34. The highest BCUT2D eigenvalue weighted by Crippen LogP contribution is 2.36. The molecule has 0 aliphatic carbocycles. The number of likely N-dealkylation sites (N-methyl/N-ethyl adjacent to an activating group) is 1. The van der Waals surface area contributed by atoms with E-state index >= 15 is 0 Å². The van der Waals surface area contributed by atoms with Crippen molar-refractivity contribution in [2.45, 2.75) is 32.1 Å². The average molecular weight is 520 g/mol. The minimum Gasteiger partial charge on any atom is -0.369 e. The van der Waals surface area contributed by atoms with E-state index in [1.54, 1.807) is 17.0 Å². The number of nitrogens with zero attached hydrogens (tertiary/aromatic N) is 4. The summed E-state index contributed by atoms with van der Waals surface area (Å²) in [5.41, 5.74) is 3.87. The molecular formula is C27H33F4N5O. The molecule has 0 unspecified atom stereocenters. The Kier molecular flexibility index (Phi) is 7.31. The van der Waals surface area contributed by atoms with Gasteiger partial charge < -0.3 is 20.0 Å². The predicted molar refractivity (Wildman–Crippen MR) is 135 cm³/mol. The quantitative estimate of drug-likeness (QED) is 0.592. The summed E-state index contributed by atoms with van der Waals surface area (Å²) in [4.78, 5) is 20.9. The molecule has 0 aromatic heterocycles. The number of fused-ring (bicyclic) bond motifs is 1. The normalized spacial score (nSPS) is 19.8. The molecule has 10 heteroatoms. The fraction of sp³-hybridized carbons (Fsp3) is 0.519. The summed E-state index contributed by atoms with van der Waals surface area (Å²) in [6.45, 7) is 5.70. The molecule has 0 radical (unpaired) electrons. The van der Waals surface area contributed by atoms with E-state index in [1.165, 1.54) is 6.07 Å². The summed E-state index contributed by atoms with van der Waals surface area (Å²) in [6, 6.07) is 10.7. The van der Waals surface area contributed by atoms with E-state index in [9.17, 15) is 22.4 Å². The van der Waals surface area contributed by atoms with Crippen molar-refractivity contribution in [3.05, 3.63) is 53.3 Å². The number of rotatable bonds is 5. The van der Waals surface area contributed by atoms with Gasteiger partial charge in [-0.1, -0.05) is 6.07 Å². The predicted octanol–water partition coefficient (Wildman–Crippen LogP) is 4.44. The van der Waals surface area contributed by atoms with Gasteiger partial charge in [0.1, 0.15) is 5.82 Å². The zero-order valence-corrected chi connectivity index (χ0v) is 21.0. The molecular weight excluding hydrogens is 486 g/mol. The molecule has 6 nitrogen and oxygen atoms in total. The number of halogens is 4. The molecule has 2 aromatic carbocycles. The number of carbonyl (C=O) groups is 1. The first kappa shape index (κ1) is 25.8. The third-order valence-electron chi connectivity index (χ3n) is 7.77. The van der Waals surface area contributed by atoms with Crippen LogP contribution in [0.4, 0.5) is 34.6 Å². The number of carbonyl (C=O) groups excluding carboxylic acids is 1. The van der Waals surface area contributed by atoms with E-state index in [-0.39, 0.29) is 31.8 Å². The summed E-state index contributed by atoms with van der Waals surface area (Å²) in [5, 5.41) is 3.22. The standard InChI is InChI=1S/C27H33F4N5O/c1-33-10-12-34(13-11-33)18-26(37)36-16-19-2-3-22(14-20(19)17-36)32-23-4-5-25(24(28)15-23)35-8-6-21(7-9-35)27(29,30)31/h2-5,14-15,21,32H,6-13,16-18H2,1H3. The molecule has 2 fully saturated rings. The van der Waals surface area contributed by atoms with Crippen molar-refractivity contribution in [2.75, 3.05) is 63.1 Å². The molecule has 0 saturated carbocycles. The van der Waals surface area contributed by atoms with E-state index in [2.05, 4.69) is 22.2 Å². The zero-order valence-electron chi connectivity index (χ0n) is 21.0. The van der Waals surface area contributed by atoms with Gasteiger partial charge in [-0.15, -0.1) is 0 Å². The number of nitrogens with one attached hydrogen (secondary N) is 1. The highest BCUT2D eigenvalue weighted by Gasteiger charge is 2.41. The van der Waals surface area contributed by atoms with Crippen molar-refractivity contribution in [3.8, 4) is 0 Å². The Labute approximate surface area is 214 Å². The lowest BCUT2D eigenvalue weighted by Crippen LogP contribution is -2.48. The van der Waals surface area contributed by atoms with Gasteiger partial charge in [-0.25, -0.2) is 4.39 Å². The van der Waals surface area contributed by atoms with Crippen LogP contribution in [0.1, 0.15) is 24.0 Å². The summed E-state index contributed by atoms with van der Waals surface area (Å²) in [6.07, 6.45) is -4.23. The topological polar surface area (TPSA) is 42.1 Å². The Morgan fingerprint density at radius 3 is 2.24 bits per heavy atom. The molecule has 0 spiro atoms. The summed E-state index contributed by atoms with van der Waals surface area (Å²) >= 11 is 0. The van der Waals surface area contributed by atoms with Crippen LogP contribution in [0.5, 0.6) is 0 Å². The number of hydrogen-bond donors (Lipinski definition) is 1. The summed E-state index contributed by atoms with van der Waals surface area (Å²) in [5.74, 6) is -1.64. The zero-order chi connectivity index (χ0) is 26.2. The fourth-order valence-corrected chi connectivity index (χ4v) is 5.40. The molecule has 2 aromatic rings. The van der Waals surface area contributed by atoms with Crippen LogP contribution in [0.2, 0.25) is 0 Å². The molecule has 37 heavy (non-hydrogen) atoms. The molecule has 0 atom stereocenters. The molecule has 1 amide bonds. The third kappa shape index (κ3) is 6.01. The van der Waals surface area contributed by atoms with Crippen molar-refractivity contribution >= 4 is 23.0 Å². The highest BCUT2D eigenvalue weighted by atomic mass is 19.4. The van der Waals surface area contributed by atoms with Gasteiger partial charge >= 0.3 is 6.18 Å². The maximum Gasteiger partial charge on any atom is 0.391 e. The number of amides is 1. The number of piperazine rings is 1. The van der Waals surface area contributed by atoms with Crippen LogP contribution in [0.25, 0.3) is 0 Å². The van der Waals surface area contributed by atoms with E-state index in [0.717, 1.165) is 43.0 Å². The van der Waals surface area contributed by atoms with E-state index in [4.69, 9.17) is 0 Å². The summed E-state index contributed by atoms with van der Waals surface area (Å²) in [7, 11) is 2.09. The molecule has 0 bridgehead atoms. The lowest BCUT2D eigenvalue weighted by atomic mass is 9.96. The third-order valence-corrected chi connectivity index (χ3v) is 7.77. The monoisotopic (exact) mass is 519 g/mol. The molecule has 1 N–H and O–H groups in total. The van der Waals surface area contributed by atoms with Gasteiger partial charge in [0.15, 0.2) is 0 Å². The number of benzene rings is 2. The highest BCUT2D eigenvalue weighted by molar-refractivity contribution is 5.79. The second-order valence-electron chi connectivity index (χ2n) is 10.4. The number of piperidine rings is 1. The van der Waals surface area contributed by atoms with Crippen LogP contribution in [0, 0.1) is 11.7 Å². The first-order valence-electron chi connectivity index (χ1n) is 12.8. The van der Waals surface area contributed by atoms with Crippen molar-refractivity contribution in [2.24, 2.45) is 5.92 Å². The van der Waals surface area contributed by atoms with Crippen LogP contribution < -0.4 is 10.2 Å². The minimum absolute atomic E-state index is 0.0209. The van der Waals surface area contributed by atoms with Crippen LogP contribution in [-0.4, -0.2) is 79.6 Å².